The van der Waals surface area contributed by atoms with Crippen molar-refractivity contribution in [1.82, 2.24) is 0 Å². The van der Waals surface area contributed by atoms with Gasteiger partial charge in [0.05, 0.1) is 17.9 Å². The first kappa shape index (κ1) is 10.2. The Morgan fingerprint density at radius 3 is 3.00 bits per heavy atom. The topological polar surface area (TPSA) is 47.6 Å². The fourth-order valence-electron chi connectivity index (χ4n) is 2.06. The molecule has 1 aromatic rings. The van der Waals surface area contributed by atoms with Gasteiger partial charge in [0, 0.05) is 13.0 Å². The van der Waals surface area contributed by atoms with Crippen LogP contribution in [-0.2, 0) is 4.74 Å². The summed E-state index contributed by atoms with van der Waals surface area (Å²) in [5.41, 5.74) is 1.45. The van der Waals surface area contributed by atoms with Crippen LogP contribution in [0.1, 0.15) is 16.8 Å². The van der Waals surface area contributed by atoms with Crippen molar-refractivity contribution in [2.75, 3.05) is 25.1 Å². The summed E-state index contributed by atoms with van der Waals surface area (Å²) in [7, 11) is 0. The van der Waals surface area contributed by atoms with E-state index in [0.717, 1.165) is 18.7 Å². The van der Waals surface area contributed by atoms with Gasteiger partial charge in [0.25, 0.3) is 0 Å². The van der Waals surface area contributed by atoms with Gasteiger partial charge in [-0.25, -0.2) is 0 Å². The number of rotatable bonds is 2. The minimum Gasteiger partial charge on any atom is -0.489 e. The van der Waals surface area contributed by atoms with E-state index in [0.29, 0.717) is 30.3 Å². The highest BCUT2D eigenvalue weighted by molar-refractivity contribution is 6.10. The SMILES string of the molecule is O=C(C1=CCCO1)c1cccc2c1OCCN2. The van der Waals surface area contributed by atoms with Crippen molar-refractivity contribution >= 4 is 11.5 Å². The minimum absolute atomic E-state index is 0.0944. The number of carbonyl (C=O) groups excluding carboxylic acids is 1. The van der Waals surface area contributed by atoms with E-state index in [1.54, 1.807) is 6.07 Å². The van der Waals surface area contributed by atoms with Crippen LogP contribution in [0.3, 0.4) is 0 Å². The van der Waals surface area contributed by atoms with Gasteiger partial charge in [0.1, 0.15) is 6.61 Å². The highest BCUT2D eigenvalue weighted by atomic mass is 16.5. The maximum atomic E-state index is 12.2. The van der Waals surface area contributed by atoms with E-state index in [2.05, 4.69) is 5.32 Å². The third-order valence-electron chi connectivity index (χ3n) is 2.85. The average molecular weight is 231 g/mol. The van der Waals surface area contributed by atoms with Crippen LogP contribution in [0.4, 0.5) is 5.69 Å². The van der Waals surface area contributed by atoms with Gasteiger partial charge in [-0.05, 0) is 18.2 Å². The Kier molecular flexibility index (Phi) is 2.48. The van der Waals surface area contributed by atoms with Crippen LogP contribution in [-0.4, -0.2) is 25.5 Å². The molecule has 1 N–H and O–H groups in total. The molecule has 2 aliphatic heterocycles. The molecule has 0 amide bonds. The van der Waals surface area contributed by atoms with Crippen LogP contribution in [0, 0.1) is 0 Å². The van der Waals surface area contributed by atoms with E-state index in [9.17, 15) is 4.79 Å². The molecule has 4 heteroatoms. The van der Waals surface area contributed by atoms with Gasteiger partial charge >= 0.3 is 0 Å². The number of hydrogen-bond acceptors (Lipinski definition) is 4. The Labute approximate surface area is 99.2 Å². The second kappa shape index (κ2) is 4.13. The maximum Gasteiger partial charge on any atom is 0.231 e. The molecule has 0 saturated carbocycles. The molecule has 0 unspecified atom stereocenters. The number of benzene rings is 1. The summed E-state index contributed by atoms with van der Waals surface area (Å²) in [6.07, 6.45) is 2.63. The molecule has 2 aliphatic rings. The number of fused-ring (bicyclic) bond motifs is 1. The number of carbonyl (C=O) groups is 1. The van der Waals surface area contributed by atoms with E-state index in [1.807, 2.05) is 18.2 Å². The Bertz CT molecular complexity index is 493. The molecule has 2 heterocycles. The maximum absolute atomic E-state index is 12.2. The molecule has 0 spiro atoms. The van der Waals surface area contributed by atoms with Gasteiger partial charge in [-0.15, -0.1) is 0 Å². The standard InChI is InChI=1S/C13H13NO3/c15-12(11-5-2-7-16-11)9-3-1-4-10-13(9)17-8-6-14-10/h1,3-5,14H,2,6-8H2. The highest BCUT2D eigenvalue weighted by Crippen LogP contribution is 2.33. The van der Waals surface area contributed by atoms with Crippen LogP contribution >= 0.6 is 0 Å². The molecule has 0 aliphatic carbocycles. The number of ketones is 1. The van der Waals surface area contributed by atoms with Crippen molar-refractivity contribution in [3.63, 3.8) is 0 Å². The van der Waals surface area contributed by atoms with E-state index < -0.39 is 0 Å². The van der Waals surface area contributed by atoms with Crippen LogP contribution < -0.4 is 10.1 Å². The molecule has 0 bridgehead atoms. The fourth-order valence-corrected chi connectivity index (χ4v) is 2.06. The second-order valence-electron chi connectivity index (χ2n) is 3.99. The Hall–Kier alpha value is -1.97. The Morgan fingerprint density at radius 2 is 2.18 bits per heavy atom. The summed E-state index contributed by atoms with van der Waals surface area (Å²) < 4.78 is 10.9. The first-order chi connectivity index (χ1) is 8.36. The Morgan fingerprint density at radius 1 is 1.24 bits per heavy atom. The molecule has 1 aromatic carbocycles. The fraction of sp³-hybridized carbons (Fsp3) is 0.308. The molecule has 3 rings (SSSR count). The number of para-hydroxylation sites is 1. The zero-order valence-corrected chi connectivity index (χ0v) is 9.36. The quantitative estimate of drug-likeness (QED) is 0.790. The molecular weight excluding hydrogens is 218 g/mol. The summed E-state index contributed by atoms with van der Waals surface area (Å²) in [6, 6.07) is 5.54. The zero-order chi connectivity index (χ0) is 11.7. The molecule has 17 heavy (non-hydrogen) atoms. The summed E-state index contributed by atoms with van der Waals surface area (Å²) in [4.78, 5) is 12.2. The first-order valence-electron chi connectivity index (χ1n) is 5.73. The van der Waals surface area contributed by atoms with E-state index in [4.69, 9.17) is 9.47 Å². The van der Waals surface area contributed by atoms with Gasteiger partial charge in [-0.3, -0.25) is 4.79 Å². The van der Waals surface area contributed by atoms with Crippen LogP contribution in [0.15, 0.2) is 30.0 Å². The number of Topliss-reactive ketones (excluding diaryl/α,β-unsaturated/α-hetero) is 1. The minimum atomic E-state index is -0.0944. The lowest BCUT2D eigenvalue weighted by Crippen LogP contribution is -2.20. The van der Waals surface area contributed by atoms with Crippen LogP contribution in [0.25, 0.3) is 0 Å². The van der Waals surface area contributed by atoms with Crippen molar-refractivity contribution in [1.29, 1.82) is 0 Å². The number of ether oxygens (including phenoxy) is 2. The van der Waals surface area contributed by atoms with Crippen molar-refractivity contribution in [3.8, 4) is 5.75 Å². The second-order valence-corrected chi connectivity index (χ2v) is 3.99. The lowest BCUT2D eigenvalue weighted by atomic mass is 10.1. The van der Waals surface area contributed by atoms with E-state index in [-0.39, 0.29) is 5.78 Å². The molecule has 0 radical (unpaired) electrons. The largest absolute Gasteiger partial charge is 0.489 e. The summed E-state index contributed by atoms with van der Waals surface area (Å²) in [5.74, 6) is 0.982. The van der Waals surface area contributed by atoms with Crippen molar-refractivity contribution in [2.45, 2.75) is 6.42 Å². The molecule has 0 saturated heterocycles. The van der Waals surface area contributed by atoms with Gasteiger partial charge in [-0.2, -0.15) is 0 Å². The van der Waals surface area contributed by atoms with Gasteiger partial charge < -0.3 is 14.8 Å². The molecule has 4 nitrogen and oxygen atoms in total. The number of anilines is 1. The van der Waals surface area contributed by atoms with Gasteiger partial charge in [0.15, 0.2) is 11.5 Å². The van der Waals surface area contributed by atoms with E-state index in [1.165, 1.54) is 0 Å². The Balaban J connectivity index is 1.99. The van der Waals surface area contributed by atoms with Crippen molar-refractivity contribution in [3.05, 3.63) is 35.6 Å². The zero-order valence-electron chi connectivity index (χ0n) is 9.36. The van der Waals surface area contributed by atoms with Gasteiger partial charge in [-0.1, -0.05) is 6.07 Å². The molecular formula is C13H13NO3. The number of nitrogens with one attached hydrogen (secondary N) is 1. The summed E-state index contributed by atoms with van der Waals surface area (Å²) in [6.45, 7) is 1.94. The average Bonchev–Trinajstić information content (AvgIpc) is 2.91. The predicted octanol–water partition coefficient (Wildman–Crippen LogP) is 1.98. The summed E-state index contributed by atoms with van der Waals surface area (Å²) in [5, 5.41) is 3.21. The van der Waals surface area contributed by atoms with Crippen molar-refractivity contribution < 1.29 is 14.3 Å². The third kappa shape index (κ3) is 1.75. The van der Waals surface area contributed by atoms with Crippen LogP contribution in [0.2, 0.25) is 0 Å². The molecule has 0 atom stereocenters. The molecule has 0 fully saturated rings. The molecule has 88 valence electrons. The van der Waals surface area contributed by atoms with Gasteiger partial charge in [0.2, 0.25) is 5.78 Å². The normalized spacial score (nSPS) is 17.3. The summed E-state index contributed by atoms with van der Waals surface area (Å²) >= 11 is 0. The smallest absolute Gasteiger partial charge is 0.231 e. The third-order valence-corrected chi connectivity index (χ3v) is 2.85. The van der Waals surface area contributed by atoms with Crippen LogP contribution in [0.5, 0.6) is 5.75 Å². The lowest BCUT2D eigenvalue weighted by molar-refractivity contribution is 0.0938. The number of allylic oxidation sites excluding steroid dienone is 1. The highest BCUT2D eigenvalue weighted by Gasteiger charge is 2.23. The van der Waals surface area contributed by atoms with Crippen molar-refractivity contribution in [2.24, 2.45) is 0 Å². The predicted molar refractivity (Wildman–Crippen MR) is 63.4 cm³/mol. The first-order valence-corrected chi connectivity index (χ1v) is 5.73. The number of hydrogen-bond donors (Lipinski definition) is 1. The van der Waals surface area contributed by atoms with E-state index >= 15 is 0 Å². The monoisotopic (exact) mass is 231 g/mol. The molecule has 0 aromatic heterocycles. The lowest BCUT2D eigenvalue weighted by Gasteiger charge is -2.21.